The van der Waals surface area contributed by atoms with Crippen molar-refractivity contribution in [3.63, 3.8) is 0 Å². The summed E-state index contributed by atoms with van der Waals surface area (Å²) in [5.74, 6) is -0.411. The number of anilines is 2. The standard InChI is InChI=1S/C36H47FN4O8S/c1-24-21-41(25(2)23-42)35(43)32-20-29(39-50(45,46)31-16-9-27(37)10-17-31)13-18-33(32)49-26(3)8-6-7-19-48-34(24)22-40(4)36(44)38-28-11-14-30(47-5)15-12-28/h9-18,20,24-26,34,39,42H,6-8,19,21-23H2,1-5H3,(H,38,44)/t24-,25+,26-,34+/m0/s1. The van der Waals surface area contributed by atoms with Gasteiger partial charge in [0.25, 0.3) is 15.9 Å². The Morgan fingerprint density at radius 2 is 1.76 bits per heavy atom. The van der Waals surface area contributed by atoms with Crippen molar-refractivity contribution in [2.75, 3.05) is 50.5 Å². The van der Waals surface area contributed by atoms with E-state index in [1.165, 1.54) is 21.9 Å². The number of hydrogen-bond donors (Lipinski definition) is 3. The summed E-state index contributed by atoms with van der Waals surface area (Å²) >= 11 is 0. The van der Waals surface area contributed by atoms with Crippen LogP contribution in [0.25, 0.3) is 0 Å². The number of hydrogen-bond acceptors (Lipinski definition) is 8. The molecule has 0 aromatic heterocycles. The number of nitrogens with one attached hydrogen (secondary N) is 2. The number of amides is 3. The number of halogens is 1. The number of fused-ring (bicyclic) bond motifs is 1. The van der Waals surface area contributed by atoms with E-state index in [1.807, 2.05) is 13.8 Å². The van der Waals surface area contributed by atoms with E-state index in [0.717, 1.165) is 37.1 Å². The number of likely N-dealkylation sites (N-methyl/N-ethyl adjacent to an activating group) is 1. The van der Waals surface area contributed by atoms with Gasteiger partial charge >= 0.3 is 6.03 Å². The van der Waals surface area contributed by atoms with Crippen LogP contribution in [0.5, 0.6) is 11.5 Å². The molecule has 0 spiro atoms. The van der Waals surface area contributed by atoms with Gasteiger partial charge in [0.2, 0.25) is 0 Å². The predicted molar refractivity (Wildman–Crippen MR) is 189 cm³/mol. The summed E-state index contributed by atoms with van der Waals surface area (Å²) in [5, 5.41) is 13.1. The molecule has 12 nitrogen and oxygen atoms in total. The fraction of sp³-hybridized carbons (Fsp3) is 0.444. The van der Waals surface area contributed by atoms with Gasteiger partial charge in [0, 0.05) is 44.0 Å². The average molecular weight is 715 g/mol. The third-order valence-corrected chi connectivity index (χ3v) is 9.97. The highest BCUT2D eigenvalue weighted by atomic mass is 32.2. The molecule has 50 heavy (non-hydrogen) atoms. The summed E-state index contributed by atoms with van der Waals surface area (Å²) in [5.41, 5.74) is 0.814. The van der Waals surface area contributed by atoms with E-state index in [2.05, 4.69) is 10.0 Å². The van der Waals surface area contributed by atoms with Gasteiger partial charge in [-0.15, -0.1) is 0 Å². The summed E-state index contributed by atoms with van der Waals surface area (Å²) in [6, 6.07) is 14.9. The number of urea groups is 1. The minimum atomic E-state index is -4.11. The van der Waals surface area contributed by atoms with Gasteiger partial charge in [-0.2, -0.15) is 0 Å². The van der Waals surface area contributed by atoms with Crippen molar-refractivity contribution in [1.82, 2.24) is 9.80 Å². The minimum Gasteiger partial charge on any atom is -0.497 e. The molecule has 0 saturated carbocycles. The Kier molecular flexibility index (Phi) is 13.4. The molecular formula is C36H47FN4O8S. The number of aliphatic hydroxyl groups is 1. The molecule has 14 heteroatoms. The molecule has 1 aliphatic rings. The second-order valence-electron chi connectivity index (χ2n) is 12.6. The molecule has 3 amide bonds. The molecule has 3 N–H and O–H groups in total. The molecule has 0 bridgehead atoms. The summed E-state index contributed by atoms with van der Waals surface area (Å²) in [4.78, 5) is 30.4. The number of methoxy groups -OCH3 is 1. The lowest BCUT2D eigenvalue weighted by Gasteiger charge is -2.35. The van der Waals surface area contributed by atoms with Gasteiger partial charge in [0.05, 0.1) is 42.4 Å². The average Bonchev–Trinajstić information content (AvgIpc) is 3.09. The van der Waals surface area contributed by atoms with Gasteiger partial charge in [-0.3, -0.25) is 9.52 Å². The van der Waals surface area contributed by atoms with E-state index in [4.69, 9.17) is 14.2 Å². The number of ether oxygens (including phenoxy) is 3. The highest BCUT2D eigenvalue weighted by Crippen LogP contribution is 2.30. The number of carbonyl (C=O) groups is 2. The summed E-state index contributed by atoms with van der Waals surface area (Å²) in [6.45, 7) is 6.00. The zero-order valence-electron chi connectivity index (χ0n) is 29.1. The quantitative estimate of drug-likeness (QED) is 0.260. The van der Waals surface area contributed by atoms with E-state index in [9.17, 15) is 27.5 Å². The third kappa shape index (κ3) is 10.3. The van der Waals surface area contributed by atoms with Crippen LogP contribution in [0.2, 0.25) is 0 Å². The number of sulfonamides is 1. The van der Waals surface area contributed by atoms with E-state index >= 15 is 0 Å². The molecule has 0 unspecified atom stereocenters. The molecule has 0 radical (unpaired) electrons. The van der Waals surface area contributed by atoms with Crippen LogP contribution >= 0.6 is 0 Å². The van der Waals surface area contributed by atoms with Crippen molar-refractivity contribution >= 4 is 33.3 Å². The normalized spacial score (nSPS) is 19.7. The maximum Gasteiger partial charge on any atom is 0.321 e. The first-order valence-electron chi connectivity index (χ1n) is 16.6. The SMILES string of the molecule is COc1ccc(NC(=O)N(C)C[C@H]2OCCCC[C@H](C)Oc3ccc(NS(=O)(=O)c4ccc(F)cc4)cc3C(=O)N([C@H](C)CO)C[C@@H]2C)cc1. The minimum absolute atomic E-state index is 0.106. The molecule has 0 saturated heterocycles. The first-order chi connectivity index (χ1) is 23.8. The Labute approximate surface area is 293 Å². The number of rotatable bonds is 9. The van der Waals surface area contributed by atoms with Crippen LogP contribution in [-0.4, -0.2) is 94.0 Å². The first-order valence-corrected chi connectivity index (χ1v) is 18.1. The maximum atomic E-state index is 14.4. The van der Waals surface area contributed by atoms with Crippen molar-refractivity contribution in [3.8, 4) is 11.5 Å². The predicted octanol–water partition coefficient (Wildman–Crippen LogP) is 5.59. The Balaban J connectivity index is 1.61. The fourth-order valence-electron chi connectivity index (χ4n) is 5.52. The van der Waals surface area contributed by atoms with Crippen LogP contribution in [0.1, 0.15) is 50.4 Å². The monoisotopic (exact) mass is 714 g/mol. The first kappa shape index (κ1) is 38.4. The number of benzene rings is 3. The molecule has 272 valence electrons. The highest BCUT2D eigenvalue weighted by molar-refractivity contribution is 7.92. The van der Waals surface area contributed by atoms with Crippen LogP contribution in [-0.2, 0) is 14.8 Å². The van der Waals surface area contributed by atoms with E-state index in [0.29, 0.717) is 24.5 Å². The van der Waals surface area contributed by atoms with E-state index in [1.54, 1.807) is 51.4 Å². The molecule has 0 fully saturated rings. The van der Waals surface area contributed by atoms with Gasteiger partial charge in [0.15, 0.2) is 0 Å². The smallest absolute Gasteiger partial charge is 0.321 e. The largest absolute Gasteiger partial charge is 0.497 e. The lowest BCUT2D eigenvalue weighted by Crippen LogP contribution is -2.48. The molecule has 1 aliphatic heterocycles. The van der Waals surface area contributed by atoms with Crippen LogP contribution in [0, 0.1) is 11.7 Å². The van der Waals surface area contributed by atoms with Crippen molar-refractivity contribution in [2.45, 2.75) is 63.2 Å². The van der Waals surface area contributed by atoms with Crippen molar-refractivity contribution < 1.29 is 41.7 Å². The molecule has 4 atom stereocenters. The van der Waals surface area contributed by atoms with Crippen LogP contribution in [0.15, 0.2) is 71.6 Å². The topological polar surface area (TPSA) is 147 Å². The number of carbonyl (C=O) groups excluding carboxylic acids is 2. The van der Waals surface area contributed by atoms with Gasteiger partial charge < -0.3 is 34.4 Å². The van der Waals surface area contributed by atoms with Gasteiger partial charge in [-0.05, 0) is 99.8 Å². The number of nitrogens with zero attached hydrogens (tertiary/aromatic N) is 2. The van der Waals surface area contributed by atoms with Crippen molar-refractivity contribution in [1.29, 1.82) is 0 Å². The summed E-state index contributed by atoms with van der Waals surface area (Å²) in [7, 11) is -0.872. The molecule has 3 aromatic carbocycles. The molecule has 4 rings (SSSR count). The fourth-order valence-corrected chi connectivity index (χ4v) is 6.57. The lowest BCUT2D eigenvalue weighted by molar-refractivity contribution is -0.0115. The summed E-state index contributed by atoms with van der Waals surface area (Å²) in [6.07, 6.45) is 1.44. The van der Waals surface area contributed by atoms with Crippen molar-refractivity contribution in [2.24, 2.45) is 5.92 Å². The summed E-state index contributed by atoms with van der Waals surface area (Å²) < 4.78 is 59.9. The molecule has 0 aliphatic carbocycles. The maximum absolute atomic E-state index is 14.4. The number of aliphatic hydroxyl groups excluding tert-OH is 1. The molecular weight excluding hydrogens is 667 g/mol. The zero-order chi connectivity index (χ0) is 36.4. The van der Waals surface area contributed by atoms with Crippen LogP contribution < -0.4 is 19.5 Å². The second-order valence-corrected chi connectivity index (χ2v) is 14.3. The van der Waals surface area contributed by atoms with E-state index in [-0.39, 0.29) is 59.6 Å². The molecule has 3 aromatic rings. The van der Waals surface area contributed by atoms with E-state index < -0.39 is 33.9 Å². The van der Waals surface area contributed by atoms with Gasteiger partial charge in [-0.25, -0.2) is 17.6 Å². The Hall–Kier alpha value is -4.40. The van der Waals surface area contributed by atoms with Gasteiger partial charge in [0.1, 0.15) is 17.3 Å². The Bertz CT molecular complexity index is 1690. The molecule has 1 heterocycles. The van der Waals surface area contributed by atoms with Crippen LogP contribution in [0.3, 0.4) is 0 Å². The zero-order valence-corrected chi connectivity index (χ0v) is 29.9. The Morgan fingerprint density at radius 1 is 1.08 bits per heavy atom. The Morgan fingerprint density at radius 3 is 2.42 bits per heavy atom. The second kappa shape index (κ2) is 17.5. The lowest BCUT2D eigenvalue weighted by atomic mass is 10.0. The van der Waals surface area contributed by atoms with Crippen molar-refractivity contribution in [3.05, 3.63) is 78.1 Å². The van der Waals surface area contributed by atoms with Gasteiger partial charge in [-0.1, -0.05) is 6.92 Å². The van der Waals surface area contributed by atoms with Crippen LogP contribution in [0.4, 0.5) is 20.6 Å². The third-order valence-electron chi connectivity index (χ3n) is 8.57. The highest BCUT2D eigenvalue weighted by Gasteiger charge is 2.31.